The molecule has 0 bridgehead atoms. The van der Waals surface area contributed by atoms with E-state index in [0.29, 0.717) is 0 Å². The minimum absolute atomic E-state index is 0.883. The third-order valence-corrected chi connectivity index (χ3v) is 4.56. The maximum Gasteiger partial charge on any atom is -0.0362 e. The molecule has 84 valence electrons. The Bertz CT molecular complexity index is 159. The van der Waals surface area contributed by atoms with E-state index in [1.165, 1.54) is 25.7 Å². The van der Waals surface area contributed by atoms with Gasteiger partial charge in [-0.15, -0.1) is 0 Å². The zero-order valence-corrected chi connectivity index (χ0v) is 10.7. The van der Waals surface area contributed by atoms with Crippen molar-refractivity contribution in [2.45, 2.75) is 60.3 Å². The lowest BCUT2D eigenvalue weighted by atomic mass is 9.61. The van der Waals surface area contributed by atoms with E-state index in [-0.39, 0.29) is 0 Å². The van der Waals surface area contributed by atoms with Gasteiger partial charge in [0, 0.05) is 0 Å². The Morgan fingerprint density at radius 3 is 2.21 bits per heavy atom. The molecule has 0 aromatic rings. The third-order valence-electron chi connectivity index (χ3n) is 4.56. The first-order valence-electron chi connectivity index (χ1n) is 6.60. The SMILES string of the molecule is CCC(CC1CC(C)C1CC)C(C)C. The summed E-state index contributed by atoms with van der Waals surface area (Å²) in [5.41, 5.74) is 0. The summed E-state index contributed by atoms with van der Waals surface area (Å²) in [6, 6.07) is 0. The van der Waals surface area contributed by atoms with E-state index in [1.807, 2.05) is 0 Å². The van der Waals surface area contributed by atoms with Crippen LogP contribution in [0.2, 0.25) is 0 Å². The fraction of sp³-hybridized carbons (Fsp3) is 1.00. The van der Waals surface area contributed by atoms with Crippen molar-refractivity contribution >= 4 is 0 Å². The lowest BCUT2D eigenvalue weighted by Crippen LogP contribution is -2.36. The lowest BCUT2D eigenvalue weighted by Gasteiger charge is -2.45. The first kappa shape index (κ1) is 12.1. The highest BCUT2D eigenvalue weighted by Crippen LogP contribution is 2.46. The molecule has 1 aliphatic rings. The van der Waals surface area contributed by atoms with Gasteiger partial charge < -0.3 is 0 Å². The molecule has 0 heteroatoms. The van der Waals surface area contributed by atoms with Gasteiger partial charge in [-0.25, -0.2) is 0 Å². The molecule has 0 heterocycles. The molecule has 4 atom stereocenters. The molecule has 0 N–H and O–H groups in total. The quantitative estimate of drug-likeness (QED) is 0.595. The molecule has 1 aliphatic carbocycles. The fourth-order valence-electron chi connectivity index (χ4n) is 3.40. The Morgan fingerprint density at radius 2 is 1.86 bits per heavy atom. The first-order chi connectivity index (χ1) is 6.60. The van der Waals surface area contributed by atoms with E-state index >= 15 is 0 Å². The maximum atomic E-state index is 2.43. The topological polar surface area (TPSA) is 0 Å². The van der Waals surface area contributed by atoms with Crippen LogP contribution in [0.5, 0.6) is 0 Å². The van der Waals surface area contributed by atoms with E-state index in [4.69, 9.17) is 0 Å². The van der Waals surface area contributed by atoms with Gasteiger partial charge >= 0.3 is 0 Å². The summed E-state index contributed by atoms with van der Waals surface area (Å²) < 4.78 is 0. The molecule has 0 saturated heterocycles. The Labute approximate surface area is 90.5 Å². The van der Waals surface area contributed by atoms with Gasteiger partial charge in [0.25, 0.3) is 0 Å². The smallest absolute Gasteiger partial charge is 0.0362 e. The molecule has 4 unspecified atom stereocenters. The summed E-state index contributed by atoms with van der Waals surface area (Å²) in [4.78, 5) is 0. The molecule has 1 rings (SSSR count). The van der Waals surface area contributed by atoms with Crippen LogP contribution in [0.4, 0.5) is 0 Å². The summed E-state index contributed by atoms with van der Waals surface area (Å²) in [7, 11) is 0. The standard InChI is InChI=1S/C14H28/c1-6-12(10(3)4)9-13-8-11(5)14(13)7-2/h10-14H,6-9H2,1-5H3. The fourth-order valence-corrected chi connectivity index (χ4v) is 3.40. The third kappa shape index (κ3) is 2.52. The van der Waals surface area contributed by atoms with Crippen molar-refractivity contribution in [2.24, 2.45) is 29.6 Å². The molecule has 0 aliphatic heterocycles. The molecule has 0 radical (unpaired) electrons. The molecular weight excluding hydrogens is 168 g/mol. The van der Waals surface area contributed by atoms with E-state index in [1.54, 1.807) is 0 Å². The minimum atomic E-state index is 0.883. The summed E-state index contributed by atoms with van der Waals surface area (Å²) in [6.45, 7) is 11.9. The monoisotopic (exact) mass is 196 g/mol. The highest BCUT2D eigenvalue weighted by molar-refractivity contribution is 4.87. The van der Waals surface area contributed by atoms with E-state index in [9.17, 15) is 0 Å². The second-order valence-corrected chi connectivity index (χ2v) is 5.69. The van der Waals surface area contributed by atoms with Gasteiger partial charge in [0.15, 0.2) is 0 Å². The number of rotatable bonds is 5. The molecule has 0 amide bonds. The molecular formula is C14H28. The minimum Gasteiger partial charge on any atom is -0.0651 e. The molecule has 0 nitrogen and oxygen atoms in total. The maximum absolute atomic E-state index is 2.43. The van der Waals surface area contributed by atoms with Crippen LogP contribution in [0.1, 0.15) is 60.3 Å². The van der Waals surface area contributed by atoms with Gasteiger partial charge in [0.1, 0.15) is 0 Å². The first-order valence-corrected chi connectivity index (χ1v) is 6.60. The van der Waals surface area contributed by atoms with E-state index in [0.717, 1.165) is 29.6 Å². The van der Waals surface area contributed by atoms with Crippen molar-refractivity contribution in [1.29, 1.82) is 0 Å². The van der Waals surface area contributed by atoms with Crippen molar-refractivity contribution in [1.82, 2.24) is 0 Å². The Morgan fingerprint density at radius 1 is 1.21 bits per heavy atom. The average Bonchev–Trinajstić information content (AvgIpc) is 2.11. The van der Waals surface area contributed by atoms with Crippen molar-refractivity contribution in [2.75, 3.05) is 0 Å². The van der Waals surface area contributed by atoms with Crippen LogP contribution in [0.15, 0.2) is 0 Å². The number of hydrogen-bond acceptors (Lipinski definition) is 0. The lowest BCUT2D eigenvalue weighted by molar-refractivity contribution is 0.0518. The van der Waals surface area contributed by atoms with Gasteiger partial charge in [0.05, 0.1) is 0 Å². The van der Waals surface area contributed by atoms with E-state index < -0.39 is 0 Å². The Kier molecular flexibility index (Phi) is 4.47. The number of hydrogen-bond donors (Lipinski definition) is 0. The molecule has 1 fully saturated rings. The highest BCUT2D eigenvalue weighted by Gasteiger charge is 2.37. The summed E-state index contributed by atoms with van der Waals surface area (Å²) in [5.74, 6) is 4.97. The molecule has 0 spiro atoms. The van der Waals surface area contributed by atoms with Crippen molar-refractivity contribution in [3.05, 3.63) is 0 Å². The molecule has 1 saturated carbocycles. The van der Waals surface area contributed by atoms with Gasteiger partial charge in [0.2, 0.25) is 0 Å². The normalized spacial score (nSPS) is 34.3. The van der Waals surface area contributed by atoms with Crippen molar-refractivity contribution in [3.8, 4) is 0 Å². The second-order valence-electron chi connectivity index (χ2n) is 5.69. The van der Waals surface area contributed by atoms with Crippen LogP contribution in [-0.4, -0.2) is 0 Å². The van der Waals surface area contributed by atoms with Gasteiger partial charge in [-0.3, -0.25) is 0 Å². The summed E-state index contributed by atoms with van der Waals surface area (Å²) in [6.07, 6.45) is 5.78. The predicted molar refractivity (Wildman–Crippen MR) is 64.3 cm³/mol. The molecule has 0 aromatic carbocycles. The highest BCUT2D eigenvalue weighted by atomic mass is 14.4. The summed E-state index contributed by atoms with van der Waals surface area (Å²) in [5, 5.41) is 0. The van der Waals surface area contributed by atoms with Crippen LogP contribution in [0.3, 0.4) is 0 Å². The predicted octanol–water partition coefficient (Wildman–Crippen LogP) is 4.74. The van der Waals surface area contributed by atoms with Crippen LogP contribution < -0.4 is 0 Å². The Balaban J connectivity index is 2.37. The molecule has 0 aromatic heterocycles. The zero-order chi connectivity index (χ0) is 10.7. The Hall–Kier alpha value is 0. The van der Waals surface area contributed by atoms with Crippen LogP contribution in [-0.2, 0) is 0 Å². The van der Waals surface area contributed by atoms with Gasteiger partial charge in [-0.05, 0) is 42.4 Å². The van der Waals surface area contributed by atoms with Gasteiger partial charge in [-0.2, -0.15) is 0 Å². The van der Waals surface area contributed by atoms with Gasteiger partial charge in [-0.1, -0.05) is 47.5 Å². The van der Waals surface area contributed by atoms with Crippen LogP contribution in [0, 0.1) is 29.6 Å². The largest absolute Gasteiger partial charge is 0.0651 e. The summed E-state index contributed by atoms with van der Waals surface area (Å²) >= 11 is 0. The van der Waals surface area contributed by atoms with Crippen LogP contribution in [0.25, 0.3) is 0 Å². The van der Waals surface area contributed by atoms with Crippen LogP contribution >= 0.6 is 0 Å². The van der Waals surface area contributed by atoms with Crippen molar-refractivity contribution < 1.29 is 0 Å². The molecule has 14 heavy (non-hydrogen) atoms. The van der Waals surface area contributed by atoms with Crippen molar-refractivity contribution in [3.63, 3.8) is 0 Å². The zero-order valence-electron chi connectivity index (χ0n) is 10.7. The second kappa shape index (κ2) is 5.19. The van der Waals surface area contributed by atoms with E-state index in [2.05, 4.69) is 34.6 Å². The average molecular weight is 196 g/mol.